The Balaban J connectivity index is 3.34. The van der Waals surface area contributed by atoms with Crippen molar-refractivity contribution in [1.29, 1.82) is 5.26 Å². The van der Waals surface area contributed by atoms with Crippen molar-refractivity contribution in [3.63, 3.8) is 0 Å². The summed E-state index contributed by atoms with van der Waals surface area (Å²) in [4.78, 5) is 11.2. The van der Waals surface area contributed by atoms with Gasteiger partial charge in [0.05, 0.1) is 5.56 Å². The summed E-state index contributed by atoms with van der Waals surface area (Å²) in [6.45, 7) is 4.09. The van der Waals surface area contributed by atoms with Gasteiger partial charge >= 0.3 is 0 Å². The summed E-state index contributed by atoms with van der Waals surface area (Å²) in [5.74, 6) is 0.373. The molecule has 0 atom stereocenters. The zero-order chi connectivity index (χ0) is 9.84. The van der Waals surface area contributed by atoms with Crippen molar-refractivity contribution in [2.24, 2.45) is 0 Å². The van der Waals surface area contributed by atoms with E-state index in [0.717, 1.165) is 5.56 Å². The second kappa shape index (κ2) is 3.86. The Labute approximate surface area is 77.5 Å². The number of hydrogen-bond donors (Lipinski definition) is 0. The van der Waals surface area contributed by atoms with E-state index in [2.05, 4.69) is 0 Å². The second-order valence-electron chi connectivity index (χ2n) is 3.21. The van der Waals surface area contributed by atoms with Crippen molar-refractivity contribution in [2.75, 3.05) is 0 Å². The molecule has 0 saturated carbocycles. The number of nitriles is 1. The van der Waals surface area contributed by atoms with Gasteiger partial charge in [0, 0.05) is 0 Å². The molecule has 2 heteroatoms. The predicted molar refractivity (Wildman–Crippen MR) is 51.5 cm³/mol. The molecule has 66 valence electrons. The normalized spacial score (nSPS) is 9.69. The van der Waals surface area contributed by atoms with Crippen LogP contribution in [0, 0.1) is 11.3 Å². The lowest BCUT2D eigenvalue weighted by atomic mass is 10.1. The Morgan fingerprint density at radius 1 is 1.23 bits per heavy atom. The van der Waals surface area contributed by atoms with Crippen LogP contribution < -0.4 is 5.43 Å². The van der Waals surface area contributed by atoms with E-state index in [0.29, 0.717) is 5.92 Å². The minimum absolute atomic E-state index is 0.201. The molecule has 13 heavy (non-hydrogen) atoms. The van der Waals surface area contributed by atoms with Crippen LogP contribution in [0.1, 0.15) is 30.9 Å². The Hall–Kier alpha value is -1.62. The highest BCUT2D eigenvalue weighted by atomic mass is 16.1. The summed E-state index contributed by atoms with van der Waals surface area (Å²) in [7, 11) is 0. The third-order valence-corrected chi connectivity index (χ3v) is 1.92. The molecule has 0 amide bonds. The first-order valence-electron chi connectivity index (χ1n) is 4.19. The van der Waals surface area contributed by atoms with E-state index in [-0.39, 0.29) is 11.0 Å². The van der Waals surface area contributed by atoms with Crippen LogP contribution in [0.5, 0.6) is 0 Å². The van der Waals surface area contributed by atoms with E-state index in [1.807, 2.05) is 26.0 Å². The number of hydrogen-bond acceptors (Lipinski definition) is 2. The van der Waals surface area contributed by atoms with Gasteiger partial charge < -0.3 is 0 Å². The molecular weight excluding hydrogens is 162 g/mol. The van der Waals surface area contributed by atoms with E-state index in [9.17, 15) is 4.79 Å². The summed E-state index contributed by atoms with van der Waals surface area (Å²) in [6, 6.07) is 8.50. The molecule has 0 unspecified atom stereocenters. The van der Waals surface area contributed by atoms with Crippen molar-refractivity contribution in [3.8, 4) is 6.07 Å². The smallest absolute Gasteiger partial charge is 0.196 e. The van der Waals surface area contributed by atoms with E-state index in [1.54, 1.807) is 12.1 Å². The molecule has 0 radical (unpaired) electrons. The molecular formula is C11H11NO. The minimum Gasteiger partial charge on any atom is -0.288 e. The summed E-state index contributed by atoms with van der Waals surface area (Å²) in [5, 5.41) is 8.61. The summed E-state index contributed by atoms with van der Waals surface area (Å²) in [6.07, 6.45) is 0. The van der Waals surface area contributed by atoms with Gasteiger partial charge in [0.25, 0.3) is 0 Å². The molecule has 0 fully saturated rings. The molecule has 1 rings (SSSR count). The molecule has 0 aliphatic rings. The minimum atomic E-state index is -0.214. The van der Waals surface area contributed by atoms with Gasteiger partial charge in [0.1, 0.15) is 6.07 Å². The highest BCUT2D eigenvalue weighted by Crippen LogP contribution is 2.11. The number of rotatable bonds is 1. The van der Waals surface area contributed by atoms with Gasteiger partial charge in [-0.1, -0.05) is 26.0 Å². The lowest BCUT2D eigenvalue weighted by Crippen LogP contribution is -1.98. The largest absolute Gasteiger partial charge is 0.288 e. The van der Waals surface area contributed by atoms with Crippen molar-refractivity contribution < 1.29 is 0 Å². The van der Waals surface area contributed by atoms with Gasteiger partial charge in [-0.25, -0.2) is 0 Å². The average Bonchev–Trinajstić information content (AvgIpc) is 2.27. The lowest BCUT2D eigenvalue weighted by molar-refractivity contribution is 0.868. The molecule has 0 aliphatic carbocycles. The van der Waals surface area contributed by atoms with E-state index in [1.165, 1.54) is 6.07 Å². The Bertz CT molecular complexity index is 402. The van der Waals surface area contributed by atoms with Gasteiger partial charge in [0.15, 0.2) is 5.43 Å². The third-order valence-electron chi connectivity index (χ3n) is 1.92. The van der Waals surface area contributed by atoms with Crippen LogP contribution in [0.15, 0.2) is 29.1 Å². The third kappa shape index (κ3) is 2.16. The Morgan fingerprint density at radius 3 is 2.38 bits per heavy atom. The van der Waals surface area contributed by atoms with Gasteiger partial charge in [0.2, 0.25) is 0 Å². The van der Waals surface area contributed by atoms with Crippen LogP contribution in [0.25, 0.3) is 0 Å². The molecule has 2 nitrogen and oxygen atoms in total. The van der Waals surface area contributed by atoms with Crippen LogP contribution in [-0.2, 0) is 0 Å². The number of nitrogens with zero attached hydrogens (tertiary/aromatic N) is 1. The molecule has 0 aromatic heterocycles. The summed E-state index contributed by atoms with van der Waals surface area (Å²) < 4.78 is 0. The Kier molecular flexibility index (Phi) is 2.81. The zero-order valence-corrected chi connectivity index (χ0v) is 7.74. The predicted octanol–water partition coefficient (Wildman–Crippen LogP) is 2.04. The SMILES string of the molecule is CC(C)c1ccc(C#N)c(=O)cc1. The Morgan fingerprint density at radius 2 is 1.85 bits per heavy atom. The van der Waals surface area contributed by atoms with Gasteiger partial charge in [-0.2, -0.15) is 5.26 Å². The highest BCUT2D eigenvalue weighted by Gasteiger charge is 1.98. The van der Waals surface area contributed by atoms with Crippen molar-refractivity contribution in [1.82, 2.24) is 0 Å². The fourth-order valence-electron chi connectivity index (χ4n) is 1.06. The molecule has 1 aromatic rings. The first-order valence-corrected chi connectivity index (χ1v) is 4.19. The van der Waals surface area contributed by atoms with Gasteiger partial charge in [-0.15, -0.1) is 0 Å². The molecule has 0 aliphatic heterocycles. The maximum atomic E-state index is 11.2. The summed E-state index contributed by atoms with van der Waals surface area (Å²) in [5.41, 5.74) is 1.06. The van der Waals surface area contributed by atoms with Gasteiger partial charge in [-0.3, -0.25) is 4.79 Å². The monoisotopic (exact) mass is 173 g/mol. The van der Waals surface area contributed by atoms with Crippen LogP contribution in [0.4, 0.5) is 0 Å². The van der Waals surface area contributed by atoms with E-state index in [4.69, 9.17) is 5.26 Å². The van der Waals surface area contributed by atoms with Crippen LogP contribution in [0.2, 0.25) is 0 Å². The maximum Gasteiger partial charge on any atom is 0.196 e. The standard InChI is InChI=1S/C11H11NO/c1-8(2)9-3-4-10(7-12)11(13)6-5-9/h3-6,8H,1-2H3. The maximum absolute atomic E-state index is 11.2. The van der Waals surface area contributed by atoms with Crippen molar-refractivity contribution in [2.45, 2.75) is 19.8 Å². The highest BCUT2D eigenvalue weighted by molar-refractivity contribution is 5.30. The van der Waals surface area contributed by atoms with Gasteiger partial charge in [-0.05, 0) is 23.6 Å². The van der Waals surface area contributed by atoms with Crippen LogP contribution in [0.3, 0.4) is 0 Å². The van der Waals surface area contributed by atoms with Crippen LogP contribution in [-0.4, -0.2) is 0 Å². The van der Waals surface area contributed by atoms with Crippen molar-refractivity contribution in [3.05, 3.63) is 45.6 Å². The fourth-order valence-corrected chi connectivity index (χ4v) is 1.06. The van der Waals surface area contributed by atoms with Crippen molar-refractivity contribution >= 4 is 0 Å². The molecule has 0 N–H and O–H groups in total. The lowest BCUT2D eigenvalue weighted by Gasteiger charge is -1.99. The first-order chi connectivity index (χ1) is 6.15. The van der Waals surface area contributed by atoms with E-state index >= 15 is 0 Å². The molecule has 1 aromatic carbocycles. The fraction of sp³-hybridized carbons (Fsp3) is 0.273. The quantitative estimate of drug-likeness (QED) is 0.652. The zero-order valence-electron chi connectivity index (χ0n) is 7.74. The molecule has 0 heterocycles. The van der Waals surface area contributed by atoms with Crippen LogP contribution >= 0.6 is 0 Å². The average molecular weight is 173 g/mol. The van der Waals surface area contributed by atoms with E-state index < -0.39 is 0 Å². The second-order valence-corrected chi connectivity index (χ2v) is 3.21. The summed E-state index contributed by atoms with van der Waals surface area (Å²) >= 11 is 0. The molecule has 0 bridgehead atoms. The first kappa shape index (κ1) is 9.47. The molecule has 0 spiro atoms. The topological polar surface area (TPSA) is 40.9 Å². The molecule has 0 saturated heterocycles.